The molecule has 0 saturated heterocycles. The van der Waals surface area contributed by atoms with E-state index in [1.54, 1.807) is 18.2 Å². The molecule has 0 bridgehead atoms. The standard InChI is InChI=1S/C15H14ClFN2O/c1-8-5-11(16)6-9(2)14(8)20-13-4-3-10(15(18)19)7-12(13)17/h3-7H,1-2H3,(H3,18,19). The molecule has 0 saturated carbocycles. The fourth-order valence-electron chi connectivity index (χ4n) is 1.92. The lowest BCUT2D eigenvalue weighted by molar-refractivity contribution is 0.437. The number of rotatable bonds is 3. The number of nitrogen functional groups attached to an aromatic ring is 1. The van der Waals surface area contributed by atoms with Crippen LogP contribution < -0.4 is 10.5 Å². The molecule has 3 nitrogen and oxygen atoms in total. The van der Waals surface area contributed by atoms with E-state index in [2.05, 4.69) is 0 Å². The zero-order valence-electron chi connectivity index (χ0n) is 11.1. The van der Waals surface area contributed by atoms with Gasteiger partial charge in [0.15, 0.2) is 11.6 Å². The number of hydrogen-bond donors (Lipinski definition) is 2. The molecule has 2 aromatic carbocycles. The zero-order valence-corrected chi connectivity index (χ0v) is 11.9. The van der Waals surface area contributed by atoms with Gasteiger partial charge in [0.1, 0.15) is 11.6 Å². The Kier molecular flexibility index (Phi) is 3.95. The second kappa shape index (κ2) is 5.51. The van der Waals surface area contributed by atoms with Crippen LogP contribution in [0.25, 0.3) is 0 Å². The first-order valence-corrected chi connectivity index (χ1v) is 6.35. The predicted octanol–water partition coefficient (Wildman–Crippen LogP) is 4.17. The van der Waals surface area contributed by atoms with Crippen LogP contribution in [0.15, 0.2) is 30.3 Å². The molecule has 0 heterocycles. The minimum absolute atomic E-state index is 0.0866. The zero-order chi connectivity index (χ0) is 14.9. The van der Waals surface area contributed by atoms with Crippen molar-refractivity contribution in [3.63, 3.8) is 0 Å². The maximum absolute atomic E-state index is 13.9. The predicted molar refractivity (Wildman–Crippen MR) is 78.4 cm³/mol. The number of hydrogen-bond acceptors (Lipinski definition) is 2. The summed E-state index contributed by atoms with van der Waals surface area (Å²) in [6.45, 7) is 3.69. The summed E-state index contributed by atoms with van der Waals surface area (Å²) in [7, 11) is 0. The van der Waals surface area contributed by atoms with Crippen molar-refractivity contribution in [2.45, 2.75) is 13.8 Å². The van der Waals surface area contributed by atoms with Crippen LogP contribution in [0.4, 0.5) is 4.39 Å². The van der Waals surface area contributed by atoms with Gasteiger partial charge in [-0.15, -0.1) is 0 Å². The highest BCUT2D eigenvalue weighted by molar-refractivity contribution is 6.30. The molecule has 5 heteroatoms. The first kappa shape index (κ1) is 14.3. The van der Waals surface area contributed by atoms with Crippen molar-refractivity contribution < 1.29 is 9.13 Å². The number of aryl methyl sites for hydroxylation is 2. The third-order valence-corrected chi connectivity index (χ3v) is 3.10. The van der Waals surface area contributed by atoms with Crippen molar-refractivity contribution in [2.75, 3.05) is 0 Å². The van der Waals surface area contributed by atoms with Gasteiger partial charge in [-0.3, -0.25) is 5.41 Å². The lowest BCUT2D eigenvalue weighted by Crippen LogP contribution is -2.11. The SMILES string of the molecule is Cc1cc(Cl)cc(C)c1Oc1ccc(C(=N)N)cc1F. The van der Waals surface area contributed by atoms with E-state index < -0.39 is 5.82 Å². The molecule has 104 valence electrons. The van der Waals surface area contributed by atoms with Gasteiger partial charge in [0, 0.05) is 10.6 Å². The third-order valence-electron chi connectivity index (χ3n) is 2.88. The molecule has 0 atom stereocenters. The molecule has 0 aliphatic heterocycles. The summed E-state index contributed by atoms with van der Waals surface area (Å²) in [6.07, 6.45) is 0. The molecule has 3 N–H and O–H groups in total. The Hall–Kier alpha value is -2.07. The molecule has 2 rings (SSSR count). The highest BCUT2D eigenvalue weighted by atomic mass is 35.5. The second-order valence-corrected chi connectivity index (χ2v) is 4.97. The van der Waals surface area contributed by atoms with E-state index in [1.165, 1.54) is 12.1 Å². The number of ether oxygens (including phenoxy) is 1. The quantitative estimate of drug-likeness (QED) is 0.659. The van der Waals surface area contributed by atoms with Gasteiger partial charge < -0.3 is 10.5 Å². The third kappa shape index (κ3) is 2.91. The molecule has 0 spiro atoms. The maximum atomic E-state index is 13.9. The summed E-state index contributed by atoms with van der Waals surface area (Å²) in [5.74, 6) is -0.0897. The first-order valence-electron chi connectivity index (χ1n) is 5.97. The Morgan fingerprint density at radius 3 is 2.30 bits per heavy atom. The van der Waals surface area contributed by atoms with Gasteiger partial charge in [-0.05, 0) is 55.3 Å². The Balaban J connectivity index is 2.38. The Morgan fingerprint density at radius 1 is 1.20 bits per heavy atom. The normalized spacial score (nSPS) is 10.4. The van der Waals surface area contributed by atoms with Gasteiger partial charge in [0.2, 0.25) is 0 Å². The van der Waals surface area contributed by atoms with Crippen LogP contribution >= 0.6 is 11.6 Å². The number of benzene rings is 2. The molecule has 0 radical (unpaired) electrons. The lowest BCUT2D eigenvalue weighted by atomic mass is 10.1. The van der Waals surface area contributed by atoms with Crippen molar-refractivity contribution in [3.8, 4) is 11.5 Å². The molecule has 0 fully saturated rings. The molecule has 0 unspecified atom stereocenters. The molecular formula is C15H14ClFN2O. The molecule has 0 aliphatic carbocycles. The van der Waals surface area contributed by atoms with Gasteiger partial charge >= 0.3 is 0 Å². The molecule has 20 heavy (non-hydrogen) atoms. The van der Waals surface area contributed by atoms with Crippen LogP contribution in [0.2, 0.25) is 5.02 Å². The van der Waals surface area contributed by atoms with E-state index >= 15 is 0 Å². The van der Waals surface area contributed by atoms with Gasteiger partial charge in [-0.2, -0.15) is 0 Å². The van der Waals surface area contributed by atoms with Crippen LogP contribution in [0.5, 0.6) is 11.5 Å². The summed E-state index contributed by atoms with van der Waals surface area (Å²) in [5.41, 5.74) is 7.28. The maximum Gasteiger partial charge on any atom is 0.166 e. The van der Waals surface area contributed by atoms with Crippen molar-refractivity contribution >= 4 is 17.4 Å². The van der Waals surface area contributed by atoms with Crippen LogP contribution in [0.1, 0.15) is 16.7 Å². The summed E-state index contributed by atoms with van der Waals surface area (Å²) in [5, 5.41) is 7.88. The second-order valence-electron chi connectivity index (χ2n) is 4.53. The van der Waals surface area contributed by atoms with Crippen LogP contribution in [0.3, 0.4) is 0 Å². The van der Waals surface area contributed by atoms with Gasteiger partial charge in [0.05, 0.1) is 0 Å². The summed E-state index contributed by atoms with van der Waals surface area (Å²) < 4.78 is 19.6. The number of nitrogens with two attached hydrogens (primary N) is 1. The Labute approximate surface area is 121 Å². The number of halogens is 2. The molecule has 2 aromatic rings. The van der Waals surface area contributed by atoms with Crippen molar-refractivity contribution in [1.29, 1.82) is 5.41 Å². The van der Waals surface area contributed by atoms with E-state index in [0.29, 0.717) is 16.3 Å². The smallest absolute Gasteiger partial charge is 0.166 e. The lowest BCUT2D eigenvalue weighted by Gasteiger charge is -2.13. The average Bonchev–Trinajstić information content (AvgIpc) is 2.34. The summed E-state index contributed by atoms with van der Waals surface area (Å²) in [4.78, 5) is 0. The van der Waals surface area contributed by atoms with E-state index in [-0.39, 0.29) is 11.6 Å². The van der Waals surface area contributed by atoms with Gasteiger partial charge in [0.25, 0.3) is 0 Å². The van der Waals surface area contributed by atoms with Crippen LogP contribution in [0, 0.1) is 25.1 Å². The molecule has 0 aliphatic rings. The number of nitrogens with one attached hydrogen (secondary N) is 1. The van der Waals surface area contributed by atoms with Gasteiger partial charge in [-0.25, -0.2) is 4.39 Å². The van der Waals surface area contributed by atoms with E-state index in [1.807, 2.05) is 13.8 Å². The Morgan fingerprint density at radius 2 is 1.80 bits per heavy atom. The average molecular weight is 293 g/mol. The van der Waals surface area contributed by atoms with Crippen molar-refractivity contribution in [2.24, 2.45) is 5.73 Å². The first-order chi connectivity index (χ1) is 9.38. The minimum Gasteiger partial charge on any atom is -0.454 e. The number of amidine groups is 1. The fraction of sp³-hybridized carbons (Fsp3) is 0.133. The fourth-order valence-corrected chi connectivity index (χ4v) is 2.25. The summed E-state index contributed by atoms with van der Waals surface area (Å²) >= 11 is 5.94. The highest BCUT2D eigenvalue weighted by Gasteiger charge is 2.11. The Bertz CT molecular complexity index is 663. The van der Waals surface area contributed by atoms with Crippen LogP contribution in [-0.2, 0) is 0 Å². The molecule has 0 aromatic heterocycles. The monoisotopic (exact) mass is 292 g/mol. The van der Waals surface area contributed by atoms with Crippen LogP contribution in [-0.4, -0.2) is 5.84 Å². The van der Waals surface area contributed by atoms with Crippen molar-refractivity contribution in [1.82, 2.24) is 0 Å². The topological polar surface area (TPSA) is 59.1 Å². The minimum atomic E-state index is -0.563. The van der Waals surface area contributed by atoms with E-state index in [0.717, 1.165) is 11.1 Å². The van der Waals surface area contributed by atoms with E-state index in [4.69, 9.17) is 27.5 Å². The summed E-state index contributed by atoms with van der Waals surface area (Å²) in [6, 6.07) is 7.69. The highest BCUT2D eigenvalue weighted by Crippen LogP contribution is 2.32. The molecule has 0 amide bonds. The largest absolute Gasteiger partial charge is 0.454 e. The van der Waals surface area contributed by atoms with Crippen molar-refractivity contribution in [3.05, 3.63) is 57.9 Å². The van der Waals surface area contributed by atoms with E-state index in [9.17, 15) is 4.39 Å². The van der Waals surface area contributed by atoms with Gasteiger partial charge in [-0.1, -0.05) is 11.6 Å². The molecular weight excluding hydrogens is 279 g/mol.